The quantitative estimate of drug-likeness (QED) is 0.126. The molecule has 23 heterocycles. The van der Waals surface area contributed by atoms with E-state index in [1.165, 1.54) is 0 Å². The fourth-order valence-electron chi connectivity index (χ4n) is 10.5. The number of aliphatic hydroxyl groups excluding tert-OH is 16. The Morgan fingerprint density at radius 3 is 0.784 bits per heavy atom. The van der Waals surface area contributed by atoms with Crippen molar-refractivity contribution in [3.05, 3.63) is 35.4 Å². The number of rotatable bonds is 6. The molecule has 12 bridgehead atoms. The van der Waals surface area contributed by atoms with E-state index in [2.05, 4.69) is 0 Å². The van der Waals surface area contributed by atoms with Gasteiger partial charge in [0.25, 0.3) is 0 Å². The summed E-state index contributed by atoms with van der Waals surface area (Å²) in [5, 5.41) is 177. The minimum Gasteiger partial charge on any atom is -0.394 e. The fraction of sp³-hybridized carbons (Fsp3) is 0.864. The summed E-state index contributed by atoms with van der Waals surface area (Å²) in [7, 11) is 0. The molecule has 23 aliphatic heterocycles. The van der Waals surface area contributed by atoms with Gasteiger partial charge in [-0.15, -0.1) is 0 Å². The van der Waals surface area contributed by atoms with Crippen molar-refractivity contribution in [3.8, 4) is 0 Å². The molecule has 22 saturated heterocycles. The van der Waals surface area contributed by atoms with Crippen LogP contribution < -0.4 is 0 Å². The zero-order chi connectivity index (χ0) is 52.9. The molecule has 1 aromatic rings. The molecule has 24 rings (SSSR count). The summed E-state index contributed by atoms with van der Waals surface area (Å²) >= 11 is 0. The molecule has 16 N–H and O–H groups in total. The van der Waals surface area contributed by atoms with E-state index in [-0.39, 0.29) is 13.2 Å². The van der Waals surface area contributed by atoms with E-state index in [0.717, 1.165) is 0 Å². The van der Waals surface area contributed by atoms with Gasteiger partial charge in [-0.3, -0.25) is 0 Å². The Hall–Kier alpha value is -1.98. The summed E-state index contributed by atoms with van der Waals surface area (Å²) in [6.45, 7) is -5.89. The first-order valence-electron chi connectivity index (χ1n) is 24.2. The molecule has 23 aliphatic rings. The topological polar surface area (TPSA) is 453 Å². The molecular weight excluding hydrogens is 1010 g/mol. The summed E-state index contributed by atoms with van der Waals surface area (Å²) < 4.78 is 83.6. The zero-order valence-corrected chi connectivity index (χ0v) is 39.2. The van der Waals surface area contributed by atoms with Crippen LogP contribution in [0.3, 0.4) is 0 Å². The number of aliphatic hydroxyl groups is 16. The van der Waals surface area contributed by atoms with Crippen molar-refractivity contribution in [3.63, 3.8) is 0 Å². The second-order valence-electron chi connectivity index (χ2n) is 19.2. The van der Waals surface area contributed by atoms with Crippen LogP contribution in [0.2, 0.25) is 0 Å². The van der Waals surface area contributed by atoms with Crippen LogP contribution in [0.1, 0.15) is 11.1 Å². The number of benzene rings is 1. The van der Waals surface area contributed by atoms with Gasteiger partial charge in [-0.25, -0.2) is 0 Å². The molecule has 0 amide bonds. The largest absolute Gasteiger partial charge is 0.394 e. The lowest BCUT2D eigenvalue weighted by atomic mass is 9.94. The summed E-state index contributed by atoms with van der Waals surface area (Å²) in [6.07, 6.45) is -55.1. The van der Waals surface area contributed by atoms with E-state index in [1.807, 2.05) is 0 Å². The third-order valence-electron chi connectivity index (χ3n) is 14.6. The summed E-state index contributed by atoms with van der Waals surface area (Å²) in [4.78, 5) is 0. The minimum absolute atomic E-state index is 0.104. The number of fused-ring (bicyclic) bond motifs is 1. The molecule has 30 nitrogen and oxygen atoms in total. The van der Waals surface area contributed by atoms with Gasteiger partial charge in [-0.2, -0.15) is 0 Å². The Morgan fingerprint density at radius 1 is 0.270 bits per heavy atom. The van der Waals surface area contributed by atoms with Gasteiger partial charge in [0, 0.05) is 0 Å². The Balaban J connectivity index is 1.05. The molecule has 74 heavy (non-hydrogen) atoms. The first kappa shape index (κ1) is 56.7. The van der Waals surface area contributed by atoms with Gasteiger partial charge in [-0.05, 0) is 11.1 Å². The predicted molar refractivity (Wildman–Crippen MR) is 227 cm³/mol. The Morgan fingerprint density at radius 2 is 0.500 bits per heavy atom. The highest BCUT2D eigenvalue weighted by molar-refractivity contribution is 5.26. The fourth-order valence-corrected chi connectivity index (χ4v) is 10.5. The monoisotopic (exact) mass is 1070 g/mol. The van der Waals surface area contributed by atoms with Gasteiger partial charge in [-0.1, -0.05) is 24.3 Å². The Labute approximate surface area is 420 Å². The molecule has 0 spiro atoms. The highest BCUT2D eigenvalue weighted by Crippen LogP contribution is 2.40. The van der Waals surface area contributed by atoms with Crippen LogP contribution in [0.25, 0.3) is 0 Å². The predicted octanol–water partition coefficient (Wildman–Crippen LogP) is -10.3. The third-order valence-corrected chi connectivity index (χ3v) is 14.6. The maximum Gasteiger partial charge on any atom is 0.187 e. The lowest BCUT2D eigenvalue weighted by Gasteiger charge is -2.51. The molecule has 30 atom stereocenters. The lowest BCUT2D eigenvalue weighted by Crippen LogP contribution is -2.69. The molecule has 0 aromatic heterocycles. The zero-order valence-electron chi connectivity index (χ0n) is 39.2. The first-order chi connectivity index (χ1) is 35.5. The van der Waals surface area contributed by atoms with Gasteiger partial charge in [0.15, 0.2) is 37.7 Å². The van der Waals surface area contributed by atoms with Crippen molar-refractivity contribution in [2.24, 2.45) is 0 Å². The molecule has 0 saturated carbocycles. The van der Waals surface area contributed by atoms with Gasteiger partial charge < -0.3 is 148 Å². The molecule has 0 aliphatic carbocycles. The van der Waals surface area contributed by atoms with E-state index in [0.29, 0.717) is 11.1 Å². The number of hydrogen-bond acceptors (Lipinski definition) is 30. The van der Waals surface area contributed by atoms with Crippen LogP contribution in [0.5, 0.6) is 0 Å². The average Bonchev–Trinajstić information content (AvgIpc) is 3.40. The standard InChI is InChI=1S/C44H66O30/c45-5-15-31-21(51)26(56)39(63-15)70-32-16(6-46)65-41(28(58)22(32)52)72-34-18(8-48)67-43(30(60)24(34)54)74-36-20(10-50)68-44(38-37(36)61-11-13-3-1-2-4-14(13)12-62-38)73-35-19(9-49)66-42(29(59)25(35)55)71-33-17(7-47)64-40(69-31)27(57)23(33)53/h1-4,15-60H,5-12H2/t15-,16-,17-,18-,19-,20-,21-,22-,23-,24-,25-,26-,27-,28-,29-,30-,31-,32-,33-,34-,35-,36-,37+,38-,39-,40-,41-,42-,43-,44-/m1/s1. The van der Waals surface area contributed by atoms with E-state index < -0.39 is 224 Å². The van der Waals surface area contributed by atoms with Crippen molar-refractivity contribution in [2.75, 3.05) is 39.6 Å². The molecular formula is C44H66O30. The number of ether oxygens (including phenoxy) is 14. The molecule has 30 heteroatoms. The Bertz CT molecular complexity index is 1940. The Kier molecular flexibility index (Phi) is 18.5. The maximum atomic E-state index is 11.7. The minimum atomic E-state index is -2.14. The maximum absolute atomic E-state index is 11.7. The lowest BCUT2D eigenvalue weighted by molar-refractivity contribution is -0.406. The summed E-state index contributed by atoms with van der Waals surface area (Å²) in [6, 6.07) is 7.02. The molecule has 0 unspecified atom stereocenters. The van der Waals surface area contributed by atoms with Gasteiger partial charge in [0.05, 0.1) is 52.9 Å². The van der Waals surface area contributed by atoms with E-state index in [9.17, 15) is 81.7 Å². The molecule has 22 fully saturated rings. The first-order valence-corrected chi connectivity index (χ1v) is 24.2. The van der Waals surface area contributed by atoms with Crippen LogP contribution in [-0.2, 0) is 79.5 Å². The van der Waals surface area contributed by atoms with Crippen molar-refractivity contribution in [2.45, 2.75) is 197 Å². The van der Waals surface area contributed by atoms with Crippen molar-refractivity contribution in [1.29, 1.82) is 0 Å². The number of hydrogen-bond donors (Lipinski definition) is 16. The van der Waals surface area contributed by atoms with Gasteiger partial charge in [0.1, 0.15) is 146 Å². The van der Waals surface area contributed by atoms with Crippen LogP contribution >= 0.6 is 0 Å². The smallest absolute Gasteiger partial charge is 0.187 e. The van der Waals surface area contributed by atoms with Gasteiger partial charge >= 0.3 is 0 Å². The normalized spacial score (nSPS) is 51.5. The van der Waals surface area contributed by atoms with Crippen LogP contribution in [0, 0.1) is 0 Å². The van der Waals surface area contributed by atoms with E-state index in [4.69, 9.17) is 66.3 Å². The highest BCUT2D eigenvalue weighted by Gasteiger charge is 2.59. The van der Waals surface area contributed by atoms with Crippen molar-refractivity contribution in [1.82, 2.24) is 0 Å². The second-order valence-corrected chi connectivity index (χ2v) is 19.2. The second kappa shape index (κ2) is 24.2. The average molecular weight is 1070 g/mol. The van der Waals surface area contributed by atoms with Crippen molar-refractivity contribution >= 4 is 0 Å². The highest BCUT2D eigenvalue weighted by atomic mass is 16.8. The summed E-state index contributed by atoms with van der Waals surface area (Å²) in [5.41, 5.74) is 1.34. The molecule has 422 valence electrons. The van der Waals surface area contributed by atoms with Crippen LogP contribution in [0.4, 0.5) is 0 Å². The van der Waals surface area contributed by atoms with E-state index >= 15 is 0 Å². The summed E-state index contributed by atoms with van der Waals surface area (Å²) in [5.74, 6) is 0. The molecule has 0 radical (unpaired) electrons. The molecule has 1 aromatic carbocycles. The SMILES string of the molecule is OC[C@H]1O[C@@H]2O[C@H]3[C@H](O)[C@@H](O)[C@@H](O[C@H]4[C@H](O)[C@@H](O)[C@@H](O[C@H]5[C@@H]6OCc7ccccc7CO[C@H]6[C@@H](O[C@H]6[C@H](O)[C@@H](O)[C@@H](O[C@H]7[C@H](O)[C@@H](O)[C@@H](O[C@H]1[C@H](O)[C@H]2O)O[C@@H]7CO)O[C@@H]6CO)O[C@@H]5CO)O[C@@H]4CO)O[C@@H]3CO. The van der Waals surface area contributed by atoms with Crippen molar-refractivity contribution < 1.29 is 148 Å². The van der Waals surface area contributed by atoms with Gasteiger partial charge in [0.2, 0.25) is 0 Å². The van der Waals surface area contributed by atoms with E-state index in [1.54, 1.807) is 24.3 Å². The van der Waals surface area contributed by atoms with Crippen LogP contribution in [-0.4, -0.2) is 306 Å². The third kappa shape index (κ3) is 10.9. The van der Waals surface area contributed by atoms with Crippen LogP contribution in [0.15, 0.2) is 24.3 Å².